The van der Waals surface area contributed by atoms with Crippen LogP contribution in [-0.2, 0) is 27.3 Å². The van der Waals surface area contributed by atoms with Gasteiger partial charge in [0.15, 0.2) is 0 Å². The second kappa shape index (κ2) is 10.5. The molecule has 2 aromatic carbocycles. The van der Waals surface area contributed by atoms with Crippen molar-refractivity contribution in [1.82, 2.24) is 10.6 Å². The monoisotopic (exact) mass is 381 g/mol. The number of hydrogen-bond donors (Lipinski definition) is 2. The van der Waals surface area contributed by atoms with E-state index in [1.807, 2.05) is 42.5 Å². The molecule has 0 saturated carbocycles. The number of nitrogens with one attached hydrogen (secondary N) is 2. The predicted molar refractivity (Wildman–Crippen MR) is 109 cm³/mol. The molecular weight excluding hydrogens is 354 g/mol. The largest absolute Gasteiger partial charge is 0.378 e. The summed E-state index contributed by atoms with van der Waals surface area (Å²) in [7, 11) is 0. The maximum Gasteiger partial charge on any atom is 0.224 e. The summed E-state index contributed by atoms with van der Waals surface area (Å²) in [6.07, 6.45) is 0.602. The van der Waals surface area contributed by atoms with Gasteiger partial charge in [-0.25, -0.2) is 0 Å². The van der Waals surface area contributed by atoms with Crippen LogP contribution in [0.2, 0.25) is 0 Å². The summed E-state index contributed by atoms with van der Waals surface area (Å²) >= 11 is 0. The van der Waals surface area contributed by atoms with Crippen molar-refractivity contribution in [1.29, 1.82) is 0 Å². The number of hydrogen-bond acceptors (Lipinski definition) is 4. The first-order chi connectivity index (χ1) is 13.7. The Bertz CT molecular complexity index is 756. The molecule has 0 atom stereocenters. The van der Waals surface area contributed by atoms with Crippen LogP contribution in [0, 0.1) is 0 Å². The first-order valence-corrected chi connectivity index (χ1v) is 9.70. The van der Waals surface area contributed by atoms with Crippen LogP contribution in [0.25, 0.3) is 0 Å². The summed E-state index contributed by atoms with van der Waals surface area (Å²) in [5.74, 6) is -0.144. The second-order valence-electron chi connectivity index (χ2n) is 6.80. The molecule has 148 valence electrons. The first kappa shape index (κ1) is 19.9. The fraction of sp³-hybridized carbons (Fsp3) is 0.364. The van der Waals surface area contributed by atoms with E-state index in [1.165, 1.54) is 5.69 Å². The minimum atomic E-state index is -0.0720. The van der Waals surface area contributed by atoms with E-state index in [4.69, 9.17) is 4.74 Å². The molecule has 1 aliphatic heterocycles. The molecule has 0 radical (unpaired) electrons. The van der Waals surface area contributed by atoms with E-state index in [-0.39, 0.29) is 18.2 Å². The van der Waals surface area contributed by atoms with E-state index < -0.39 is 0 Å². The van der Waals surface area contributed by atoms with Gasteiger partial charge in [-0.05, 0) is 23.3 Å². The molecule has 28 heavy (non-hydrogen) atoms. The van der Waals surface area contributed by atoms with Crippen LogP contribution in [0.1, 0.15) is 17.5 Å². The number of morpholine rings is 1. The van der Waals surface area contributed by atoms with E-state index in [2.05, 4.69) is 27.7 Å². The zero-order valence-corrected chi connectivity index (χ0v) is 16.0. The number of benzene rings is 2. The van der Waals surface area contributed by atoms with Crippen molar-refractivity contribution in [2.24, 2.45) is 0 Å². The number of anilines is 1. The van der Waals surface area contributed by atoms with Crippen LogP contribution >= 0.6 is 0 Å². The van der Waals surface area contributed by atoms with Crippen molar-refractivity contribution < 1.29 is 14.3 Å². The molecular formula is C22H27N3O3. The molecule has 6 nitrogen and oxygen atoms in total. The Morgan fingerprint density at radius 3 is 2.29 bits per heavy atom. The highest BCUT2D eigenvalue weighted by atomic mass is 16.5. The Morgan fingerprint density at radius 1 is 0.857 bits per heavy atom. The van der Waals surface area contributed by atoms with Gasteiger partial charge in [-0.3, -0.25) is 9.59 Å². The van der Waals surface area contributed by atoms with E-state index in [0.717, 1.165) is 37.4 Å². The lowest BCUT2D eigenvalue weighted by Gasteiger charge is -2.28. The molecule has 2 amide bonds. The molecule has 0 aromatic heterocycles. The molecule has 2 aromatic rings. The highest BCUT2D eigenvalue weighted by Crippen LogP contribution is 2.16. The number of rotatable bonds is 8. The quantitative estimate of drug-likeness (QED) is 0.733. The van der Waals surface area contributed by atoms with E-state index in [1.54, 1.807) is 0 Å². The van der Waals surface area contributed by atoms with Gasteiger partial charge in [0.2, 0.25) is 11.8 Å². The second-order valence-corrected chi connectivity index (χ2v) is 6.80. The average molecular weight is 381 g/mol. The third-order valence-electron chi connectivity index (χ3n) is 4.68. The van der Waals surface area contributed by atoms with Crippen molar-refractivity contribution in [2.75, 3.05) is 37.7 Å². The summed E-state index contributed by atoms with van der Waals surface area (Å²) in [5, 5.41) is 5.69. The van der Waals surface area contributed by atoms with E-state index >= 15 is 0 Å². The molecule has 0 spiro atoms. The number of carbonyl (C=O) groups is 2. The Kier molecular flexibility index (Phi) is 7.44. The smallest absolute Gasteiger partial charge is 0.224 e. The minimum Gasteiger partial charge on any atom is -0.378 e. The van der Waals surface area contributed by atoms with Crippen LogP contribution in [-0.4, -0.2) is 44.7 Å². The highest BCUT2D eigenvalue weighted by molar-refractivity contribution is 5.80. The summed E-state index contributed by atoms with van der Waals surface area (Å²) in [6, 6.07) is 17.8. The van der Waals surface area contributed by atoms with Crippen molar-refractivity contribution in [3.63, 3.8) is 0 Å². The third kappa shape index (κ3) is 6.39. The third-order valence-corrected chi connectivity index (χ3v) is 4.68. The highest BCUT2D eigenvalue weighted by Gasteiger charge is 2.11. The van der Waals surface area contributed by atoms with Crippen LogP contribution < -0.4 is 15.5 Å². The molecule has 1 heterocycles. The molecule has 1 fully saturated rings. The van der Waals surface area contributed by atoms with Gasteiger partial charge < -0.3 is 20.3 Å². The Labute approximate surface area is 165 Å². The lowest BCUT2D eigenvalue weighted by molar-refractivity contribution is -0.122. The van der Waals surface area contributed by atoms with Gasteiger partial charge in [-0.2, -0.15) is 0 Å². The molecule has 6 heteroatoms. The van der Waals surface area contributed by atoms with Gasteiger partial charge in [0.1, 0.15) is 0 Å². The minimum absolute atomic E-state index is 0.0716. The van der Waals surface area contributed by atoms with Crippen molar-refractivity contribution in [3.8, 4) is 0 Å². The summed E-state index contributed by atoms with van der Waals surface area (Å²) in [4.78, 5) is 26.2. The maximum atomic E-state index is 12.0. The van der Waals surface area contributed by atoms with Gasteiger partial charge in [0.05, 0.1) is 19.6 Å². The van der Waals surface area contributed by atoms with Gasteiger partial charge in [-0.1, -0.05) is 42.5 Å². The zero-order valence-electron chi connectivity index (χ0n) is 16.0. The molecule has 2 N–H and O–H groups in total. The molecule has 0 bridgehead atoms. The number of carbonyl (C=O) groups excluding carboxylic acids is 2. The van der Waals surface area contributed by atoms with Crippen LogP contribution in [0.3, 0.4) is 0 Å². The SMILES string of the molecule is O=C(CCNC(=O)Cc1ccccc1)NCc1ccc(N2CCOCC2)cc1. The fourth-order valence-electron chi connectivity index (χ4n) is 3.09. The normalized spacial score (nSPS) is 13.8. The Morgan fingerprint density at radius 2 is 1.57 bits per heavy atom. The summed E-state index contributed by atoms with van der Waals surface area (Å²) in [6.45, 7) is 4.17. The van der Waals surface area contributed by atoms with Gasteiger partial charge in [0.25, 0.3) is 0 Å². The predicted octanol–water partition coefficient (Wildman–Crippen LogP) is 1.89. The van der Waals surface area contributed by atoms with E-state index in [0.29, 0.717) is 19.5 Å². The molecule has 1 saturated heterocycles. The van der Waals surface area contributed by atoms with Crippen molar-refractivity contribution in [2.45, 2.75) is 19.4 Å². The number of nitrogens with zero attached hydrogens (tertiary/aromatic N) is 1. The van der Waals surface area contributed by atoms with Gasteiger partial charge in [-0.15, -0.1) is 0 Å². The van der Waals surface area contributed by atoms with Crippen LogP contribution in [0.5, 0.6) is 0 Å². The number of ether oxygens (including phenoxy) is 1. The van der Waals surface area contributed by atoms with E-state index in [9.17, 15) is 9.59 Å². The molecule has 0 unspecified atom stereocenters. The molecule has 0 aliphatic carbocycles. The fourth-order valence-corrected chi connectivity index (χ4v) is 3.09. The lowest BCUT2D eigenvalue weighted by Crippen LogP contribution is -2.36. The number of amides is 2. The topological polar surface area (TPSA) is 70.7 Å². The van der Waals surface area contributed by atoms with Crippen molar-refractivity contribution >= 4 is 17.5 Å². The van der Waals surface area contributed by atoms with Gasteiger partial charge >= 0.3 is 0 Å². The average Bonchev–Trinajstić information content (AvgIpc) is 2.74. The maximum absolute atomic E-state index is 12.0. The van der Waals surface area contributed by atoms with Crippen molar-refractivity contribution in [3.05, 3.63) is 65.7 Å². The Hall–Kier alpha value is -2.86. The summed E-state index contributed by atoms with van der Waals surface area (Å²) < 4.78 is 5.37. The molecule has 1 aliphatic rings. The standard InChI is InChI=1S/C22H27N3O3/c26-21(10-11-23-22(27)16-18-4-2-1-3-5-18)24-17-19-6-8-20(9-7-19)25-12-14-28-15-13-25/h1-9H,10-17H2,(H,23,27)(H,24,26). The van der Waals surface area contributed by atoms with Crippen LogP contribution in [0.4, 0.5) is 5.69 Å². The molecule has 3 rings (SSSR count). The van der Waals surface area contributed by atoms with Gasteiger partial charge in [0, 0.05) is 38.3 Å². The van der Waals surface area contributed by atoms with Crippen LogP contribution in [0.15, 0.2) is 54.6 Å². The zero-order chi connectivity index (χ0) is 19.6. The first-order valence-electron chi connectivity index (χ1n) is 9.70. The Balaban J connectivity index is 1.33. The lowest BCUT2D eigenvalue weighted by atomic mass is 10.1. The summed E-state index contributed by atoms with van der Waals surface area (Å²) in [5.41, 5.74) is 3.20.